The van der Waals surface area contributed by atoms with Crippen LogP contribution in [-0.4, -0.2) is 78.5 Å². The van der Waals surface area contributed by atoms with E-state index in [1.165, 1.54) is 17.0 Å². The van der Waals surface area contributed by atoms with Gasteiger partial charge in [-0.25, -0.2) is 9.18 Å². The lowest BCUT2D eigenvalue weighted by atomic mass is 9.96. The molecule has 0 aliphatic carbocycles. The van der Waals surface area contributed by atoms with Crippen LogP contribution in [0.5, 0.6) is 0 Å². The van der Waals surface area contributed by atoms with E-state index in [-0.39, 0.29) is 18.9 Å². The quantitative estimate of drug-likeness (QED) is 0.679. The van der Waals surface area contributed by atoms with Crippen molar-refractivity contribution in [2.24, 2.45) is 5.92 Å². The van der Waals surface area contributed by atoms with Gasteiger partial charge in [0.05, 0.1) is 5.92 Å². The number of hydrogen-bond acceptors (Lipinski definition) is 5. The predicted octanol–water partition coefficient (Wildman–Crippen LogP) is 3.33. The van der Waals surface area contributed by atoms with Gasteiger partial charge >= 0.3 is 18.2 Å². The molecule has 0 spiro atoms. The van der Waals surface area contributed by atoms with Crippen LogP contribution in [0, 0.1) is 11.7 Å². The number of piperidine rings is 1. The summed E-state index contributed by atoms with van der Waals surface area (Å²) in [6, 6.07) is 4.51. The summed E-state index contributed by atoms with van der Waals surface area (Å²) in [6.07, 6.45) is -6.78. The molecule has 11 heteroatoms. The van der Waals surface area contributed by atoms with Gasteiger partial charge in [-0.15, -0.1) is 0 Å². The van der Waals surface area contributed by atoms with E-state index in [0.29, 0.717) is 45.6 Å². The zero-order chi connectivity index (χ0) is 23.5. The van der Waals surface area contributed by atoms with Gasteiger partial charge in [0.15, 0.2) is 6.10 Å². The Morgan fingerprint density at radius 2 is 1.75 bits per heavy atom. The zero-order valence-electron chi connectivity index (χ0n) is 17.8. The second-order valence-corrected chi connectivity index (χ2v) is 8.20. The number of benzene rings is 1. The third-order valence-corrected chi connectivity index (χ3v) is 6.00. The lowest BCUT2D eigenvalue weighted by Gasteiger charge is -2.37. The van der Waals surface area contributed by atoms with Gasteiger partial charge in [-0.2, -0.15) is 13.2 Å². The lowest BCUT2D eigenvalue weighted by molar-refractivity contribution is -0.200. The molecule has 32 heavy (non-hydrogen) atoms. The molecular formula is C21H27F4N3O4. The van der Waals surface area contributed by atoms with Gasteiger partial charge in [0.25, 0.3) is 0 Å². The highest BCUT2D eigenvalue weighted by atomic mass is 19.4. The maximum absolute atomic E-state index is 13.9. The average Bonchev–Trinajstić information content (AvgIpc) is 2.75. The minimum absolute atomic E-state index is 0.226. The summed E-state index contributed by atoms with van der Waals surface area (Å²) in [5.41, 5.74) is 1.59. The number of carboxylic acid groups (broad SMARTS) is 1. The number of carboxylic acids is 1. The van der Waals surface area contributed by atoms with Crippen LogP contribution >= 0.6 is 0 Å². The van der Waals surface area contributed by atoms with E-state index in [9.17, 15) is 32.3 Å². The standard InChI is InChI=1S/C21H27F4N3O4/c1-14(21(23,24)25)32-20(31)28-10-8-26(9-11-28)13-16-2-3-17(22)12-18(16)27-6-4-15(5-7-27)19(29)30/h2-3,12,14-15H,4-11,13H2,1H3,(H,29,30). The highest BCUT2D eigenvalue weighted by molar-refractivity contribution is 5.70. The van der Waals surface area contributed by atoms with Gasteiger partial charge in [-0.3, -0.25) is 9.69 Å². The molecule has 1 amide bonds. The van der Waals surface area contributed by atoms with Crippen LogP contribution in [0.25, 0.3) is 0 Å². The Morgan fingerprint density at radius 3 is 2.31 bits per heavy atom. The molecule has 0 radical (unpaired) electrons. The maximum atomic E-state index is 13.9. The fourth-order valence-corrected chi connectivity index (χ4v) is 3.95. The molecule has 0 bridgehead atoms. The highest BCUT2D eigenvalue weighted by Crippen LogP contribution is 2.29. The number of alkyl halides is 3. The number of carbonyl (C=O) groups is 2. The molecule has 2 heterocycles. The Balaban J connectivity index is 1.57. The van der Waals surface area contributed by atoms with Crippen molar-refractivity contribution < 1.29 is 37.0 Å². The van der Waals surface area contributed by atoms with E-state index in [2.05, 4.69) is 4.74 Å². The monoisotopic (exact) mass is 461 g/mol. The van der Waals surface area contributed by atoms with Crippen molar-refractivity contribution in [1.82, 2.24) is 9.80 Å². The number of rotatable bonds is 5. The molecule has 1 N–H and O–H groups in total. The predicted molar refractivity (Wildman–Crippen MR) is 108 cm³/mol. The first-order valence-electron chi connectivity index (χ1n) is 10.6. The van der Waals surface area contributed by atoms with Gasteiger partial charge in [-0.1, -0.05) is 6.07 Å². The Hall–Kier alpha value is -2.56. The number of amides is 1. The van der Waals surface area contributed by atoms with Crippen molar-refractivity contribution in [3.8, 4) is 0 Å². The Kier molecular flexibility index (Phi) is 7.47. The minimum Gasteiger partial charge on any atom is -0.481 e. The first kappa shape index (κ1) is 24.1. The van der Waals surface area contributed by atoms with Crippen molar-refractivity contribution >= 4 is 17.7 Å². The molecule has 7 nitrogen and oxygen atoms in total. The van der Waals surface area contributed by atoms with Crippen LogP contribution in [-0.2, 0) is 16.1 Å². The van der Waals surface area contributed by atoms with E-state index in [1.54, 1.807) is 6.07 Å². The van der Waals surface area contributed by atoms with Crippen LogP contribution in [0.15, 0.2) is 18.2 Å². The number of halogens is 4. The molecule has 1 atom stereocenters. The minimum atomic E-state index is -4.60. The summed E-state index contributed by atoms with van der Waals surface area (Å²) in [5, 5.41) is 9.18. The molecule has 1 aromatic carbocycles. The van der Waals surface area contributed by atoms with Gasteiger partial charge in [0.1, 0.15) is 5.82 Å². The first-order valence-corrected chi connectivity index (χ1v) is 10.6. The number of aliphatic carboxylic acids is 1. The SMILES string of the molecule is CC(OC(=O)N1CCN(Cc2ccc(F)cc2N2CCC(C(=O)O)CC2)CC1)C(F)(F)F. The highest BCUT2D eigenvalue weighted by Gasteiger charge is 2.40. The van der Waals surface area contributed by atoms with Crippen LogP contribution in [0.4, 0.5) is 28.0 Å². The van der Waals surface area contributed by atoms with Crippen molar-refractivity contribution in [3.05, 3.63) is 29.6 Å². The van der Waals surface area contributed by atoms with Crippen LogP contribution in [0.3, 0.4) is 0 Å². The molecule has 0 aromatic heterocycles. The lowest BCUT2D eigenvalue weighted by Crippen LogP contribution is -2.49. The first-order chi connectivity index (χ1) is 15.0. The summed E-state index contributed by atoms with van der Waals surface area (Å²) in [5.74, 6) is -1.59. The number of ether oxygens (including phenoxy) is 1. The number of anilines is 1. The number of hydrogen-bond donors (Lipinski definition) is 1. The third kappa shape index (κ3) is 6.02. The van der Waals surface area contributed by atoms with E-state index >= 15 is 0 Å². The van der Waals surface area contributed by atoms with Gasteiger partial charge in [0.2, 0.25) is 0 Å². The fraction of sp³-hybridized carbons (Fsp3) is 0.619. The summed E-state index contributed by atoms with van der Waals surface area (Å²) in [4.78, 5) is 28.5. The second-order valence-electron chi connectivity index (χ2n) is 8.20. The molecule has 1 unspecified atom stereocenters. The van der Waals surface area contributed by atoms with Gasteiger partial charge < -0.3 is 19.6 Å². The van der Waals surface area contributed by atoms with E-state index in [0.717, 1.165) is 18.2 Å². The summed E-state index contributed by atoms with van der Waals surface area (Å²) >= 11 is 0. The topological polar surface area (TPSA) is 73.3 Å². The molecule has 0 saturated carbocycles. The molecule has 1 aromatic rings. The third-order valence-electron chi connectivity index (χ3n) is 6.00. The maximum Gasteiger partial charge on any atom is 0.425 e. The molecule has 2 aliphatic rings. The van der Waals surface area contributed by atoms with Crippen LogP contribution < -0.4 is 4.90 Å². The molecule has 2 fully saturated rings. The van der Waals surface area contributed by atoms with Gasteiger partial charge in [-0.05, 0) is 37.5 Å². The molecule has 2 aliphatic heterocycles. The van der Waals surface area contributed by atoms with E-state index < -0.39 is 30.3 Å². The van der Waals surface area contributed by atoms with E-state index in [1.807, 2.05) is 9.80 Å². The van der Waals surface area contributed by atoms with Crippen molar-refractivity contribution in [1.29, 1.82) is 0 Å². The molecule has 3 rings (SSSR count). The number of carbonyl (C=O) groups excluding carboxylic acids is 1. The summed E-state index contributed by atoms with van der Waals surface area (Å²) in [7, 11) is 0. The molecule has 2 saturated heterocycles. The summed E-state index contributed by atoms with van der Waals surface area (Å²) in [6.45, 7) is 3.64. The Bertz CT molecular complexity index is 820. The molecular weight excluding hydrogens is 434 g/mol. The van der Waals surface area contributed by atoms with Crippen LogP contribution in [0.2, 0.25) is 0 Å². The second kappa shape index (κ2) is 9.93. The summed E-state index contributed by atoms with van der Waals surface area (Å²) < 4.78 is 56.2. The number of piperazine rings is 1. The average molecular weight is 461 g/mol. The Labute approximate surface area is 183 Å². The van der Waals surface area contributed by atoms with Crippen molar-refractivity contribution in [2.75, 3.05) is 44.2 Å². The zero-order valence-corrected chi connectivity index (χ0v) is 17.8. The van der Waals surface area contributed by atoms with Crippen molar-refractivity contribution in [3.63, 3.8) is 0 Å². The normalized spacial score (nSPS) is 19.7. The fourth-order valence-electron chi connectivity index (χ4n) is 3.95. The number of nitrogens with zero attached hydrogens (tertiary/aromatic N) is 3. The largest absolute Gasteiger partial charge is 0.481 e. The van der Waals surface area contributed by atoms with Crippen LogP contribution in [0.1, 0.15) is 25.3 Å². The van der Waals surface area contributed by atoms with E-state index in [4.69, 9.17) is 0 Å². The van der Waals surface area contributed by atoms with Crippen molar-refractivity contribution in [2.45, 2.75) is 38.6 Å². The van der Waals surface area contributed by atoms with Gasteiger partial charge in [0, 0.05) is 51.5 Å². The Morgan fingerprint density at radius 1 is 1.12 bits per heavy atom. The molecule has 178 valence electrons. The smallest absolute Gasteiger partial charge is 0.425 e.